The summed E-state index contributed by atoms with van der Waals surface area (Å²) in [4.78, 5) is 13.3. The fourth-order valence-corrected chi connectivity index (χ4v) is 4.39. The van der Waals surface area contributed by atoms with E-state index in [2.05, 4.69) is 24.4 Å². The van der Waals surface area contributed by atoms with E-state index < -0.39 is 5.41 Å². The SMILES string of the molecule is C[C@@H](OC(=O)C1(c2ccccc2)CCCCCC1)C1CCNCC1. The summed E-state index contributed by atoms with van der Waals surface area (Å²) < 4.78 is 6.08. The predicted octanol–water partition coefficient (Wildman–Crippen LogP) is 4.21. The Labute approximate surface area is 146 Å². The lowest BCUT2D eigenvalue weighted by atomic mass is 9.74. The fourth-order valence-electron chi connectivity index (χ4n) is 4.39. The monoisotopic (exact) mass is 329 g/mol. The minimum atomic E-state index is -0.432. The smallest absolute Gasteiger partial charge is 0.316 e. The molecule has 1 heterocycles. The van der Waals surface area contributed by atoms with Gasteiger partial charge >= 0.3 is 5.97 Å². The highest BCUT2D eigenvalue weighted by Crippen LogP contribution is 2.40. The van der Waals surface area contributed by atoms with Gasteiger partial charge in [0.25, 0.3) is 0 Å². The van der Waals surface area contributed by atoms with E-state index in [0.29, 0.717) is 5.92 Å². The lowest BCUT2D eigenvalue weighted by Crippen LogP contribution is -2.41. The molecule has 0 aromatic heterocycles. The zero-order valence-corrected chi connectivity index (χ0v) is 14.9. The molecule has 2 aliphatic rings. The number of hydrogen-bond acceptors (Lipinski definition) is 3. The third-order valence-corrected chi connectivity index (χ3v) is 6.01. The molecule has 24 heavy (non-hydrogen) atoms. The molecule has 0 unspecified atom stereocenters. The third-order valence-electron chi connectivity index (χ3n) is 6.01. The summed E-state index contributed by atoms with van der Waals surface area (Å²) in [6.45, 7) is 4.16. The Bertz CT molecular complexity index is 514. The van der Waals surface area contributed by atoms with Gasteiger partial charge in [0.2, 0.25) is 0 Å². The van der Waals surface area contributed by atoms with Crippen molar-refractivity contribution in [3.63, 3.8) is 0 Å². The first-order chi connectivity index (χ1) is 11.7. The molecule has 1 saturated heterocycles. The van der Waals surface area contributed by atoms with Gasteiger partial charge in [0.05, 0.1) is 5.41 Å². The molecule has 0 bridgehead atoms. The number of rotatable bonds is 4. The van der Waals surface area contributed by atoms with E-state index in [9.17, 15) is 4.79 Å². The normalized spacial score (nSPS) is 23.2. The summed E-state index contributed by atoms with van der Waals surface area (Å²) in [6.07, 6.45) is 8.77. The molecule has 1 atom stereocenters. The largest absolute Gasteiger partial charge is 0.462 e. The Morgan fingerprint density at radius 3 is 2.33 bits per heavy atom. The van der Waals surface area contributed by atoms with Crippen molar-refractivity contribution in [2.75, 3.05) is 13.1 Å². The van der Waals surface area contributed by atoms with Gasteiger partial charge in [0.15, 0.2) is 0 Å². The van der Waals surface area contributed by atoms with Gasteiger partial charge in [-0.05, 0) is 57.2 Å². The molecule has 1 aliphatic carbocycles. The minimum Gasteiger partial charge on any atom is -0.462 e. The van der Waals surface area contributed by atoms with Crippen LogP contribution in [-0.2, 0) is 14.9 Å². The summed E-state index contributed by atoms with van der Waals surface area (Å²) >= 11 is 0. The lowest BCUT2D eigenvalue weighted by molar-refractivity contribution is -0.159. The molecule has 0 radical (unpaired) electrons. The van der Waals surface area contributed by atoms with Crippen LogP contribution in [0.1, 0.15) is 63.9 Å². The molecule has 3 rings (SSSR count). The van der Waals surface area contributed by atoms with E-state index in [4.69, 9.17) is 4.74 Å². The van der Waals surface area contributed by atoms with Crippen LogP contribution in [-0.4, -0.2) is 25.2 Å². The zero-order chi connectivity index (χ0) is 16.8. The maximum Gasteiger partial charge on any atom is 0.316 e. The molecular weight excluding hydrogens is 298 g/mol. The van der Waals surface area contributed by atoms with Gasteiger partial charge in [-0.15, -0.1) is 0 Å². The minimum absolute atomic E-state index is 0.0154. The highest BCUT2D eigenvalue weighted by molar-refractivity contribution is 5.83. The molecule has 1 saturated carbocycles. The van der Waals surface area contributed by atoms with Crippen molar-refractivity contribution in [1.82, 2.24) is 5.32 Å². The second-order valence-electron chi connectivity index (χ2n) is 7.56. The van der Waals surface area contributed by atoms with Crippen LogP contribution in [0.2, 0.25) is 0 Å². The average molecular weight is 329 g/mol. The molecule has 3 heteroatoms. The third kappa shape index (κ3) is 3.83. The first-order valence-electron chi connectivity index (χ1n) is 9.70. The highest BCUT2D eigenvalue weighted by Gasteiger charge is 2.42. The summed E-state index contributed by atoms with van der Waals surface area (Å²) in [5.41, 5.74) is 0.716. The zero-order valence-electron chi connectivity index (χ0n) is 14.9. The van der Waals surface area contributed by atoms with E-state index in [1.54, 1.807) is 0 Å². The fraction of sp³-hybridized carbons (Fsp3) is 0.667. The highest BCUT2D eigenvalue weighted by atomic mass is 16.5. The van der Waals surface area contributed by atoms with Crippen LogP contribution in [0.5, 0.6) is 0 Å². The van der Waals surface area contributed by atoms with Crippen molar-refractivity contribution in [2.24, 2.45) is 5.92 Å². The molecule has 1 aliphatic heterocycles. The van der Waals surface area contributed by atoms with Crippen molar-refractivity contribution < 1.29 is 9.53 Å². The predicted molar refractivity (Wildman–Crippen MR) is 97.0 cm³/mol. The van der Waals surface area contributed by atoms with Crippen LogP contribution < -0.4 is 5.32 Å². The second-order valence-corrected chi connectivity index (χ2v) is 7.56. The van der Waals surface area contributed by atoms with Gasteiger partial charge in [-0.25, -0.2) is 0 Å². The maximum absolute atomic E-state index is 13.3. The topological polar surface area (TPSA) is 38.3 Å². The van der Waals surface area contributed by atoms with Crippen LogP contribution in [0.4, 0.5) is 0 Å². The van der Waals surface area contributed by atoms with E-state index in [-0.39, 0.29) is 12.1 Å². The number of piperidine rings is 1. The number of carbonyl (C=O) groups is 1. The average Bonchev–Trinajstić information content (AvgIpc) is 2.90. The molecule has 2 fully saturated rings. The van der Waals surface area contributed by atoms with Crippen LogP contribution in [0, 0.1) is 5.92 Å². The summed E-state index contributed by atoms with van der Waals surface area (Å²) in [7, 11) is 0. The summed E-state index contributed by atoms with van der Waals surface area (Å²) in [5, 5.41) is 3.39. The van der Waals surface area contributed by atoms with Crippen LogP contribution in [0.25, 0.3) is 0 Å². The summed E-state index contributed by atoms with van der Waals surface area (Å²) in [5.74, 6) is 0.510. The first kappa shape index (κ1) is 17.5. The number of hydrogen-bond donors (Lipinski definition) is 1. The van der Waals surface area contributed by atoms with Gasteiger partial charge in [0.1, 0.15) is 6.10 Å². The molecular formula is C21H31NO2. The van der Waals surface area contributed by atoms with E-state index in [1.165, 1.54) is 12.8 Å². The second kappa shape index (κ2) is 8.15. The number of ether oxygens (including phenoxy) is 1. The van der Waals surface area contributed by atoms with Crippen molar-refractivity contribution in [1.29, 1.82) is 0 Å². The molecule has 1 aromatic carbocycles. The first-order valence-corrected chi connectivity index (χ1v) is 9.70. The Balaban J connectivity index is 1.78. The van der Waals surface area contributed by atoms with Crippen molar-refractivity contribution in [3.8, 4) is 0 Å². The standard InChI is InChI=1S/C21H31NO2/c1-17(18-11-15-22-16-12-18)24-20(23)21(13-7-2-3-8-14-21)19-9-5-4-6-10-19/h4-6,9-10,17-18,22H,2-3,7-8,11-16H2,1H3/t17-/m1/s1. The van der Waals surface area contributed by atoms with Crippen LogP contribution >= 0.6 is 0 Å². The van der Waals surface area contributed by atoms with E-state index in [1.807, 2.05) is 18.2 Å². The van der Waals surface area contributed by atoms with Crippen molar-refractivity contribution in [2.45, 2.75) is 69.8 Å². The van der Waals surface area contributed by atoms with Crippen molar-refractivity contribution in [3.05, 3.63) is 35.9 Å². The summed E-state index contributed by atoms with van der Waals surface area (Å²) in [6, 6.07) is 10.3. The molecule has 0 spiro atoms. The Hall–Kier alpha value is -1.35. The van der Waals surface area contributed by atoms with Gasteiger partial charge in [-0.3, -0.25) is 4.79 Å². The Morgan fingerprint density at radius 1 is 1.08 bits per heavy atom. The van der Waals surface area contributed by atoms with E-state index in [0.717, 1.165) is 57.2 Å². The van der Waals surface area contributed by atoms with Crippen molar-refractivity contribution >= 4 is 5.97 Å². The van der Waals surface area contributed by atoms with Gasteiger partial charge in [-0.2, -0.15) is 0 Å². The number of benzene rings is 1. The Morgan fingerprint density at radius 2 is 1.71 bits per heavy atom. The number of carbonyl (C=O) groups excluding carboxylic acids is 1. The van der Waals surface area contributed by atoms with Crippen LogP contribution in [0.15, 0.2) is 30.3 Å². The van der Waals surface area contributed by atoms with Gasteiger partial charge in [-0.1, -0.05) is 56.0 Å². The van der Waals surface area contributed by atoms with Gasteiger partial charge in [0, 0.05) is 0 Å². The maximum atomic E-state index is 13.3. The molecule has 1 N–H and O–H groups in total. The van der Waals surface area contributed by atoms with Gasteiger partial charge < -0.3 is 10.1 Å². The van der Waals surface area contributed by atoms with E-state index >= 15 is 0 Å². The quantitative estimate of drug-likeness (QED) is 0.664. The number of nitrogens with one attached hydrogen (secondary N) is 1. The molecule has 0 amide bonds. The molecule has 132 valence electrons. The number of esters is 1. The molecule has 3 nitrogen and oxygen atoms in total. The lowest BCUT2D eigenvalue weighted by Gasteiger charge is -2.35. The Kier molecular flexibility index (Phi) is 5.94. The molecule has 1 aromatic rings. The van der Waals surface area contributed by atoms with Crippen LogP contribution in [0.3, 0.4) is 0 Å².